The second kappa shape index (κ2) is 7.13. The number of halogens is 3. The quantitative estimate of drug-likeness (QED) is 0.547. The summed E-state index contributed by atoms with van der Waals surface area (Å²) in [5, 5.41) is 4.16. The molecule has 3 aromatic rings. The zero-order chi connectivity index (χ0) is 16.4. The maximum Gasteiger partial charge on any atom is 0.234 e. The van der Waals surface area contributed by atoms with Gasteiger partial charge >= 0.3 is 0 Å². The third-order valence-corrected chi connectivity index (χ3v) is 5.17. The molecule has 0 aliphatic heterocycles. The van der Waals surface area contributed by atoms with Crippen molar-refractivity contribution in [1.82, 2.24) is 9.97 Å². The predicted molar refractivity (Wildman–Crippen MR) is 99.6 cm³/mol. The molecule has 118 valence electrons. The Labute approximate surface area is 155 Å². The van der Waals surface area contributed by atoms with E-state index in [1.54, 1.807) is 18.2 Å². The topological polar surface area (TPSA) is 57.8 Å². The minimum absolute atomic E-state index is 0.180. The SMILES string of the molecule is O=C(CSc1nc2ccc(Br)cc2[nH]1)Nc1cccc(Cl)c1Cl. The minimum atomic E-state index is -0.180. The second-order valence-corrected chi connectivity index (χ2v) is 7.31. The number of aromatic nitrogens is 2. The number of hydrogen-bond donors (Lipinski definition) is 2. The van der Waals surface area contributed by atoms with Crippen LogP contribution in [-0.4, -0.2) is 21.6 Å². The standard InChI is InChI=1S/C15H10BrCl2N3OS/c16-8-4-5-10-12(6-8)21-15(20-10)23-7-13(22)19-11-3-1-2-9(17)14(11)18/h1-6H,7H2,(H,19,22)(H,20,21). The lowest BCUT2D eigenvalue weighted by Crippen LogP contribution is -2.14. The van der Waals surface area contributed by atoms with Crippen molar-refractivity contribution in [2.45, 2.75) is 5.16 Å². The summed E-state index contributed by atoms with van der Waals surface area (Å²) in [6.07, 6.45) is 0. The van der Waals surface area contributed by atoms with Gasteiger partial charge in [-0.2, -0.15) is 0 Å². The molecule has 0 fully saturated rings. The van der Waals surface area contributed by atoms with E-state index in [2.05, 4.69) is 31.2 Å². The first-order chi connectivity index (χ1) is 11.0. The third-order valence-electron chi connectivity index (χ3n) is 2.99. The van der Waals surface area contributed by atoms with Crippen molar-refractivity contribution in [3.05, 3.63) is 50.9 Å². The summed E-state index contributed by atoms with van der Waals surface area (Å²) < 4.78 is 0.971. The summed E-state index contributed by atoms with van der Waals surface area (Å²) in [6.45, 7) is 0. The van der Waals surface area contributed by atoms with E-state index in [0.717, 1.165) is 15.5 Å². The first-order valence-electron chi connectivity index (χ1n) is 6.55. The molecule has 0 aliphatic carbocycles. The first kappa shape index (κ1) is 16.6. The van der Waals surface area contributed by atoms with Gasteiger partial charge in [-0.05, 0) is 30.3 Å². The number of imidazole rings is 1. The van der Waals surface area contributed by atoms with Crippen molar-refractivity contribution in [3.63, 3.8) is 0 Å². The molecule has 0 aliphatic rings. The Bertz CT molecular complexity index is 884. The Morgan fingerprint density at radius 2 is 2.13 bits per heavy atom. The van der Waals surface area contributed by atoms with Crippen LogP contribution in [0.3, 0.4) is 0 Å². The van der Waals surface area contributed by atoms with Gasteiger partial charge in [0, 0.05) is 4.47 Å². The number of carbonyl (C=O) groups excluding carboxylic acids is 1. The Kier molecular flexibility index (Phi) is 5.16. The van der Waals surface area contributed by atoms with Crippen LogP contribution in [0.4, 0.5) is 5.69 Å². The maximum atomic E-state index is 12.0. The lowest BCUT2D eigenvalue weighted by molar-refractivity contribution is -0.113. The number of nitrogens with one attached hydrogen (secondary N) is 2. The lowest BCUT2D eigenvalue weighted by atomic mass is 10.3. The monoisotopic (exact) mass is 429 g/mol. The first-order valence-corrected chi connectivity index (χ1v) is 9.08. The number of nitrogens with zero attached hydrogens (tertiary/aromatic N) is 1. The molecule has 4 nitrogen and oxygen atoms in total. The van der Waals surface area contributed by atoms with E-state index in [0.29, 0.717) is 20.9 Å². The summed E-state index contributed by atoms with van der Waals surface area (Å²) in [5.74, 6) is 0.0323. The summed E-state index contributed by atoms with van der Waals surface area (Å²) in [4.78, 5) is 19.6. The van der Waals surface area contributed by atoms with Crippen LogP contribution in [0.5, 0.6) is 0 Å². The zero-order valence-corrected chi connectivity index (χ0v) is 15.5. The van der Waals surface area contributed by atoms with Crippen LogP contribution < -0.4 is 5.32 Å². The third kappa shape index (κ3) is 4.01. The molecule has 1 amide bonds. The highest BCUT2D eigenvalue weighted by Gasteiger charge is 2.10. The predicted octanol–water partition coefficient (Wildman–Crippen LogP) is 5.36. The van der Waals surface area contributed by atoms with Crippen LogP contribution in [0.15, 0.2) is 46.0 Å². The van der Waals surface area contributed by atoms with Crippen LogP contribution in [0.1, 0.15) is 0 Å². The van der Waals surface area contributed by atoms with Gasteiger partial charge in [0.1, 0.15) is 0 Å². The number of carbonyl (C=O) groups is 1. The number of H-pyrrole nitrogens is 1. The number of hydrogen-bond acceptors (Lipinski definition) is 3. The number of anilines is 1. The zero-order valence-electron chi connectivity index (χ0n) is 11.6. The molecule has 2 N–H and O–H groups in total. The minimum Gasteiger partial charge on any atom is -0.333 e. The maximum absolute atomic E-state index is 12.0. The smallest absolute Gasteiger partial charge is 0.234 e. The Morgan fingerprint density at radius 3 is 2.96 bits per heavy atom. The van der Waals surface area contributed by atoms with Crippen LogP contribution >= 0.6 is 50.9 Å². The van der Waals surface area contributed by atoms with Crippen LogP contribution in [0.2, 0.25) is 10.0 Å². The molecule has 0 saturated carbocycles. The van der Waals surface area contributed by atoms with Crippen LogP contribution in [-0.2, 0) is 4.79 Å². The van der Waals surface area contributed by atoms with Gasteiger partial charge in [0.2, 0.25) is 5.91 Å². The Hall–Kier alpha value is -1.21. The van der Waals surface area contributed by atoms with Gasteiger partial charge in [0.05, 0.1) is 32.5 Å². The summed E-state index contributed by atoms with van der Waals surface area (Å²) in [5.41, 5.74) is 2.27. The van der Waals surface area contributed by atoms with Crippen molar-refractivity contribution < 1.29 is 4.79 Å². The molecule has 1 aromatic heterocycles. The van der Waals surface area contributed by atoms with Crippen molar-refractivity contribution >= 4 is 73.5 Å². The van der Waals surface area contributed by atoms with E-state index in [4.69, 9.17) is 23.2 Å². The van der Waals surface area contributed by atoms with Crippen molar-refractivity contribution in [3.8, 4) is 0 Å². The van der Waals surface area contributed by atoms with E-state index >= 15 is 0 Å². The highest BCUT2D eigenvalue weighted by Crippen LogP contribution is 2.30. The molecule has 3 rings (SSSR count). The molecule has 0 atom stereocenters. The molecular weight excluding hydrogens is 421 g/mol. The van der Waals surface area contributed by atoms with Gasteiger partial charge in [-0.25, -0.2) is 4.98 Å². The molecule has 2 aromatic carbocycles. The molecular formula is C15H10BrCl2N3OS. The largest absolute Gasteiger partial charge is 0.333 e. The van der Waals surface area contributed by atoms with Gasteiger partial charge < -0.3 is 10.3 Å². The molecule has 23 heavy (non-hydrogen) atoms. The fourth-order valence-electron chi connectivity index (χ4n) is 1.95. The van der Waals surface area contributed by atoms with E-state index < -0.39 is 0 Å². The van der Waals surface area contributed by atoms with Gasteiger partial charge in [-0.3, -0.25) is 4.79 Å². The molecule has 8 heteroatoms. The summed E-state index contributed by atoms with van der Waals surface area (Å²) in [7, 11) is 0. The van der Waals surface area contributed by atoms with Crippen molar-refractivity contribution in [1.29, 1.82) is 0 Å². The highest BCUT2D eigenvalue weighted by molar-refractivity contribution is 9.10. The Balaban J connectivity index is 1.65. The van der Waals surface area contributed by atoms with Gasteiger partial charge in [-0.15, -0.1) is 0 Å². The van der Waals surface area contributed by atoms with Crippen LogP contribution in [0, 0.1) is 0 Å². The summed E-state index contributed by atoms with van der Waals surface area (Å²) >= 11 is 16.7. The van der Waals surface area contributed by atoms with Gasteiger partial charge in [-0.1, -0.05) is 57.0 Å². The number of aromatic amines is 1. The Morgan fingerprint density at radius 1 is 1.30 bits per heavy atom. The highest BCUT2D eigenvalue weighted by atomic mass is 79.9. The van der Waals surface area contributed by atoms with Crippen molar-refractivity contribution in [2.75, 3.05) is 11.1 Å². The van der Waals surface area contributed by atoms with E-state index in [-0.39, 0.29) is 11.7 Å². The molecule has 0 spiro atoms. The second-order valence-electron chi connectivity index (χ2n) is 4.64. The number of benzene rings is 2. The molecule has 0 saturated heterocycles. The molecule has 0 bridgehead atoms. The fourth-order valence-corrected chi connectivity index (χ4v) is 3.34. The molecule has 1 heterocycles. The molecule has 0 unspecified atom stereocenters. The fraction of sp³-hybridized carbons (Fsp3) is 0.0667. The number of amides is 1. The number of fused-ring (bicyclic) bond motifs is 1. The normalized spacial score (nSPS) is 10.9. The van der Waals surface area contributed by atoms with Crippen molar-refractivity contribution in [2.24, 2.45) is 0 Å². The average Bonchev–Trinajstić information content (AvgIpc) is 2.92. The van der Waals surface area contributed by atoms with E-state index in [1.165, 1.54) is 11.8 Å². The van der Waals surface area contributed by atoms with E-state index in [1.807, 2.05) is 18.2 Å². The van der Waals surface area contributed by atoms with Gasteiger partial charge in [0.25, 0.3) is 0 Å². The number of rotatable bonds is 4. The van der Waals surface area contributed by atoms with Gasteiger partial charge in [0.15, 0.2) is 5.16 Å². The van der Waals surface area contributed by atoms with Crippen LogP contribution in [0.25, 0.3) is 11.0 Å². The lowest BCUT2D eigenvalue weighted by Gasteiger charge is -2.07. The molecule has 0 radical (unpaired) electrons. The number of thioether (sulfide) groups is 1. The van der Waals surface area contributed by atoms with E-state index in [9.17, 15) is 4.79 Å². The average molecular weight is 431 g/mol. The summed E-state index contributed by atoms with van der Waals surface area (Å²) in [6, 6.07) is 10.9.